The highest BCUT2D eigenvalue weighted by atomic mass is 16.2. The largest absolute Gasteiger partial charge is 0.371 e. The molecule has 0 aliphatic carbocycles. The van der Waals surface area contributed by atoms with E-state index in [2.05, 4.69) is 38.8 Å². The molecule has 1 aromatic heterocycles. The van der Waals surface area contributed by atoms with Crippen LogP contribution >= 0.6 is 0 Å². The van der Waals surface area contributed by atoms with Crippen LogP contribution in [-0.4, -0.2) is 54.4 Å². The van der Waals surface area contributed by atoms with Gasteiger partial charge in [0.2, 0.25) is 5.91 Å². The predicted octanol–water partition coefficient (Wildman–Crippen LogP) is 2.63. The molecule has 31 heavy (non-hydrogen) atoms. The number of aromatic nitrogens is 2. The molecular weight excluding hydrogens is 392 g/mol. The van der Waals surface area contributed by atoms with Crippen LogP contribution in [0.3, 0.4) is 0 Å². The minimum Gasteiger partial charge on any atom is -0.371 e. The predicted molar refractivity (Wildman–Crippen MR) is 121 cm³/mol. The molecule has 8 heteroatoms. The molecular formula is C23H32N6O2. The quantitative estimate of drug-likeness (QED) is 0.789. The second kappa shape index (κ2) is 8.49. The number of nitrogens with zero attached hydrogens (tertiary/aromatic N) is 4. The third kappa shape index (κ3) is 4.13. The topological polar surface area (TPSA) is 82.5 Å². The van der Waals surface area contributed by atoms with Crippen LogP contribution in [0, 0.1) is 11.8 Å². The van der Waals surface area contributed by atoms with Gasteiger partial charge in [0.1, 0.15) is 0 Å². The Morgan fingerprint density at radius 3 is 2.52 bits per heavy atom. The fraction of sp³-hybridized carbons (Fsp3) is 0.609. The van der Waals surface area contributed by atoms with E-state index in [1.54, 1.807) is 4.90 Å². The van der Waals surface area contributed by atoms with E-state index < -0.39 is 6.03 Å². The fourth-order valence-corrected chi connectivity index (χ4v) is 5.40. The molecule has 3 aliphatic heterocycles. The molecule has 0 atom stereocenters. The monoisotopic (exact) mass is 424 g/mol. The number of rotatable bonds is 4. The molecule has 0 bridgehead atoms. The van der Waals surface area contributed by atoms with Gasteiger partial charge < -0.3 is 10.2 Å². The number of hydrogen-bond acceptors (Lipinski definition) is 5. The first kappa shape index (κ1) is 20.3. The van der Waals surface area contributed by atoms with Gasteiger partial charge in [-0.1, -0.05) is 0 Å². The second-order valence-corrected chi connectivity index (χ2v) is 9.26. The highest BCUT2D eigenvalue weighted by Gasteiger charge is 2.29. The number of benzene rings is 1. The van der Waals surface area contributed by atoms with Crippen molar-refractivity contribution in [1.82, 2.24) is 20.4 Å². The van der Waals surface area contributed by atoms with Gasteiger partial charge in [0, 0.05) is 44.2 Å². The van der Waals surface area contributed by atoms with Crippen LogP contribution in [0.2, 0.25) is 0 Å². The Balaban J connectivity index is 1.28. The lowest BCUT2D eigenvalue weighted by molar-refractivity contribution is -0.120. The first-order valence-electron chi connectivity index (χ1n) is 11.6. The van der Waals surface area contributed by atoms with Crippen molar-refractivity contribution in [3.05, 3.63) is 18.2 Å². The summed E-state index contributed by atoms with van der Waals surface area (Å²) >= 11 is 0. The van der Waals surface area contributed by atoms with Gasteiger partial charge in [0.15, 0.2) is 5.82 Å². The second-order valence-electron chi connectivity index (χ2n) is 9.26. The van der Waals surface area contributed by atoms with Crippen LogP contribution in [-0.2, 0) is 11.8 Å². The average molecular weight is 425 g/mol. The highest BCUT2D eigenvalue weighted by Crippen LogP contribution is 2.33. The van der Waals surface area contributed by atoms with Gasteiger partial charge in [-0.3, -0.25) is 19.7 Å². The summed E-state index contributed by atoms with van der Waals surface area (Å²) in [5, 5.41) is 11.4. The lowest BCUT2D eigenvalue weighted by Crippen LogP contribution is -2.49. The molecule has 0 unspecified atom stereocenters. The lowest BCUT2D eigenvalue weighted by atomic mass is 9.83. The number of anilines is 2. The molecule has 0 saturated carbocycles. The third-order valence-electron chi connectivity index (χ3n) is 7.23. The summed E-state index contributed by atoms with van der Waals surface area (Å²) in [6, 6.07) is 6.01. The summed E-state index contributed by atoms with van der Waals surface area (Å²) in [4.78, 5) is 27.8. The Bertz CT molecular complexity index is 972. The number of carbonyl (C=O) groups excluding carboxylic acids is 2. The number of hydrogen-bond donors (Lipinski definition) is 2. The van der Waals surface area contributed by atoms with Crippen LogP contribution < -0.4 is 20.4 Å². The molecule has 3 fully saturated rings. The molecule has 3 aliphatic rings. The Morgan fingerprint density at radius 2 is 1.77 bits per heavy atom. The zero-order valence-electron chi connectivity index (χ0n) is 18.3. The zero-order valence-corrected chi connectivity index (χ0v) is 18.3. The van der Waals surface area contributed by atoms with Gasteiger partial charge in [-0.05, 0) is 75.2 Å². The molecule has 0 spiro atoms. The number of carbonyl (C=O) groups is 2. The van der Waals surface area contributed by atoms with Crippen molar-refractivity contribution in [2.45, 2.75) is 38.5 Å². The van der Waals surface area contributed by atoms with Crippen molar-refractivity contribution in [1.29, 1.82) is 0 Å². The maximum Gasteiger partial charge on any atom is 0.329 e. The molecule has 5 rings (SSSR count). The van der Waals surface area contributed by atoms with Gasteiger partial charge in [-0.2, -0.15) is 5.10 Å². The first-order chi connectivity index (χ1) is 15.1. The van der Waals surface area contributed by atoms with Crippen molar-refractivity contribution in [2.75, 3.05) is 42.5 Å². The van der Waals surface area contributed by atoms with Gasteiger partial charge in [0.25, 0.3) is 0 Å². The van der Waals surface area contributed by atoms with E-state index in [1.165, 1.54) is 50.9 Å². The molecule has 1 aromatic carbocycles. The van der Waals surface area contributed by atoms with Gasteiger partial charge >= 0.3 is 6.03 Å². The molecule has 2 N–H and O–H groups in total. The Morgan fingerprint density at radius 1 is 1.03 bits per heavy atom. The highest BCUT2D eigenvalue weighted by molar-refractivity contribution is 6.09. The van der Waals surface area contributed by atoms with Crippen molar-refractivity contribution in [3.63, 3.8) is 0 Å². The fourth-order valence-electron chi connectivity index (χ4n) is 5.40. The van der Waals surface area contributed by atoms with Gasteiger partial charge in [-0.15, -0.1) is 0 Å². The number of piperidine rings is 2. The summed E-state index contributed by atoms with van der Waals surface area (Å²) in [6.07, 6.45) is 6.89. The Labute approximate surface area is 182 Å². The van der Waals surface area contributed by atoms with E-state index in [0.29, 0.717) is 18.8 Å². The summed E-state index contributed by atoms with van der Waals surface area (Å²) in [5.41, 5.74) is 2.23. The molecule has 3 amide bonds. The molecule has 4 heterocycles. The Kier molecular flexibility index (Phi) is 5.56. The summed E-state index contributed by atoms with van der Waals surface area (Å²) in [6.45, 7) is 4.94. The lowest BCUT2D eigenvalue weighted by Gasteiger charge is -2.36. The van der Waals surface area contributed by atoms with Gasteiger partial charge in [-0.25, -0.2) is 4.79 Å². The average Bonchev–Trinajstić information content (AvgIpc) is 3.11. The number of aryl methyl sites for hydroxylation is 1. The summed E-state index contributed by atoms with van der Waals surface area (Å²) in [5.74, 6) is 2.15. The molecule has 166 valence electrons. The molecule has 2 aromatic rings. The molecule has 8 nitrogen and oxygen atoms in total. The number of urea groups is 1. The maximum absolute atomic E-state index is 12.3. The summed E-state index contributed by atoms with van der Waals surface area (Å²) in [7, 11) is 1.91. The minimum atomic E-state index is -0.392. The van der Waals surface area contributed by atoms with Crippen LogP contribution in [0.4, 0.5) is 16.3 Å². The number of nitrogens with one attached hydrogen (secondary N) is 2. The van der Waals surface area contributed by atoms with E-state index in [4.69, 9.17) is 0 Å². The zero-order chi connectivity index (χ0) is 21.4. The third-order valence-corrected chi connectivity index (χ3v) is 7.23. The van der Waals surface area contributed by atoms with Crippen molar-refractivity contribution in [3.8, 4) is 0 Å². The van der Waals surface area contributed by atoms with Crippen molar-refractivity contribution < 1.29 is 9.59 Å². The van der Waals surface area contributed by atoms with Crippen LogP contribution in [0.15, 0.2) is 18.2 Å². The maximum atomic E-state index is 12.3. The van der Waals surface area contributed by atoms with E-state index >= 15 is 0 Å². The number of fused-ring (bicyclic) bond motifs is 1. The summed E-state index contributed by atoms with van der Waals surface area (Å²) < 4.78 is 1.84. The smallest absolute Gasteiger partial charge is 0.329 e. The van der Waals surface area contributed by atoms with E-state index in [-0.39, 0.29) is 5.91 Å². The van der Waals surface area contributed by atoms with Crippen molar-refractivity contribution >= 4 is 34.3 Å². The molecule has 3 saturated heterocycles. The van der Waals surface area contributed by atoms with Crippen LogP contribution in [0.25, 0.3) is 10.9 Å². The van der Waals surface area contributed by atoms with E-state index in [9.17, 15) is 9.59 Å². The van der Waals surface area contributed by atoms with E-state index in [1.807, 2.05) is 11.7 Å². The normalized spacial score (nSPS) is 21.7. The van der Waals surface area contributed by atoms with Gasteiger partial charge in [0.05, 0.1) is 5.52 Å². The van der Waals surface area contributed by atoms with Crippen molar-refractivity contribution in [2.24, 2.45) is 18.9 Å². The number of imide groups is 1. The standard InChI is InChI=1S/C23H32N6O2/c1-27-20-15-18(28-11-6-17(7-12-28)14-16-4-9-24-10-5-16)2-3-19(20)22(26-27)29-13-8-21(30)25-23(29)31/h2-3,15-17,24H,4-14H2,1H3,(H,25,30,31). The number of amides is 3. The van der Waals surface area contributed by atoms with Crippen LogP contribution in [0.5, 0.6) is 0 Å². The Hall–Kier alpha value is -2.61. The van der Waals surface area contributed by atoms with Crippen LogP contribution in [0.1, 0.15) is 38.5 Å². The first-order valence-corrected chi connectivity index (χ1v) is 11.6. The molecule has 0 radical (unpaired) electrons. The van der Waals surface area contributed by atoms with E-state index in [0.717, 1.165) is 35.8 Å². The SMILES string of the molecule is Cn1nc(N2CCC(=O)NC2=O)c2ccc(N3CCC(CC4CCNCC4)CC3)cc21. The minimum absolute atomic E-state index is 0.229.